The second-order valence-corrected chi connectivity index (χ2v) is 8.17. The number of nitrogens with one attached hydrogen (secondary N) is 1. The summed E-state index contributed by atoms with van der Waals surface area (Å²) in [5.41, 5.74) is 1.83. The molecule has 190 valence electrons. The third-order valence-corrected chi connectivity index (χ3v) is 5.78. The lowest BCUT2D eigenvalue weighted by Crippen LogP contribution is -2.31. The van der Waals surface area contributed by atoms with Crippen LogP contribution in [-0.4, -0.2) is 55.5 Å². The highest BCUT2D eigenvalue weighted by atomic mass is 16.5. The van der Waals surface area contributed by atoms with E-state index in [-0.39, 0.29) is 23.2 Å². The zero-order chi connectivity index (χ0) is 26.4. The van der Waals surface area contributed by atoms with Crippen LogP contribution < -0.4 is 14.8 Å². The van der Waals surface area contributed by atoms with E-state index in [1.54, 1.807) is 31.4 Å². The van der Waals surface area contributed by atoms with E-state index in [4.69, 9.17) is 14.2 Å². The van der Waals surface area contributed by atoms with Crippen LogP contribution in [0.5, 0.6) is 11.5 Å². The minimum absolute atomic E-state index is 0.0689. The Bertz CT molecular complexity index is 1330. The van der Waals surface area contributed by atoms with Gasteiger partial charge in [0.15, 0.2) is 6.61 Å². The summed E-state index contributed by atoms with van der Waals surface area (Å²) < 4.78 is 15.7. The first-order valence-corrected chi connectivity index (χ1v) is 11.7. The molecule has 3 aromatic rings. The van der Waals surface area contributed by atoms with Crippen LogP contribution in [0, 0.1) is 0 Å². The molecule has 0 atom stereocenters. The SMILES string of the molecule is CCOc1ccccc1NC(=O)COC(=O)c1ccc2c(c1)C(=O)N(CCc1ccc(OC)cc1)C2=O. The largest absolute Gasteiger partial charge is 0.497 e. The van der Waals surface area contributed by atoms with Gasteiger partial charge < -0.3 is 19.5 Å². The number of imide groups is 1. The Balaban J connectivity index is 1.36. The highest BCUT2D eigenvalue weighted by Gasteiger charge is 2.35. The van der Waals surface area contributed by atoms with E-state index in [0.29, 0.717) is 24.5 Å². The molecule has 4 rings (SSSR count). The average molecular weight is 503 g/mol. The number of anilines is 1. The van der Waals surface area contributed by atoms with Gasteiger partial charge in [-0.3, -0.25) is 19.3 Å². The van der Waals surface area contributed by atoms with Crippen LogP contribution in [-0.2, 0) is 16.0 Å². The summed E-state index contributed by atoms with van der Waals surface area (Å²) in [7, 11) is 1.58. The number of hydrogen-bond acceptors (Lipinski definition) is 7. The van der Waals surface area contributed by atoms with Gasteiger partial charge in [0, 0.05) is 6.54 Å². The number of ether oxygens (including phenoxy) is 3. The summed E-state index contributed by atoms with van der Waals surface area (Å²) in [6.07, 6.45) is 0.478. The first-order valence-electron chi connectivity index (χ1n) is 11.7. The molecule has 3 aromatic carbocycles. The lowest BCUT2D eigenvalue weighted by molar-refractivity contribution is -0.119. The van der Waals surface area contributed by atoms with Crippen molar-refractivity contribution in [3.8, 4) is 11.5 Å². The Morgan fingerprint density at radius 1 is 0.919 bits per heavy atom. The standard InChI is InChI=1S/C28H26N2O7/c1-3-36-24-7-5-4-6-23(24)29-25(31)17-37-28(34)19-10-13-21-22(16-19)27(33)30(26(21)32)15-14-18-8-11-20(35-2)12-9-18/h4-13,16H,3,14-15,17H2,1-2H3,(H,29,31). The van der Waals surface area contributed by atoms with Gasteiger partial charge in [0.1, 0.15) is 11.5 Å². The van der Waals surface area contributed by atoms with Gasteiger partial charge in [-0.15, -0.1) is 0 Å². The molecule has 0 spiro atoms. The van der Waals surface area contributed by atoms with Crippen molar-refractivity contribution in [2.45, 2.75) is 13.3 Å². The van der Waals surface area contributed by atoms with Crippen LogP contribution >= 0.6 is 0 Å². The maximum Gasteiger partial charge on any atom is 0.338 e. The van der Waals surface area contributed by atoms with Crippen LogP contribution in [0.2, 0.25) is 0 Å². The fourth-order valence-corrected chi connectivity index (χ4v) is 3.91. The van der Waals surface area contributed by atoms with E-state index < -0.39 is 30.3 Å². The molecule has 0 aromatic heterocycles. The Morgan fingerprint density at radius 3 is 2.38 bits per heavy atom. The fourth-order valence-electron chi connectivity index (χ4n) is 3.91. The number of para-hydroxylation sites is 2. The molecule has 0 bridgehead atoms. The number of hydrogen-bond donors (Lipinski definition) is 1. The molecule has 0 fully saturated rings. The quantitative estimate of drug-likeness (QED) is 0.332. The zero-order valence-electron chi connectivity index (χ0n) is 20.5. The molecule has 0 aliphatic carbocycles. The third-order valence-electron chi connectivity index (χ3n) is 5.78. The summed E-state index contributed by atoms with van der Waals surface area (Å²) in [5.74, 6) is -1.00. The maximum absolute atomic E-state index is 12.9. The van der Waals surface area contributed by atoms with Crippen molar-refractivity contribution in [2.24, 2.45) is 0 Å². The Hall–Kier alpha value is -4.66. The average Bonchev–Trinajstić information content (AvgIpc) is 3.16. The monoisotopic (exact) mass is 502 g/mol. The van der Waals surface area contributed by atoms with E-state index in [2.05, 4.69) is 5.32 Å². The van der Waals surface area contributed by atoms with E-state index in [9.17, 15) is 19.2 Å². The Morgan fingerprint density at radius 2 is 1.65 bits per heavy atom. The number of fused-ring (bicyclic) bond motifs is 1. The minimum atomic E-state index is -0.784. The van der Waals surface area contributed by atoms with E-state index in [0.717, 1.165) is 16.2 Å². The second kappa shape index (κ2) is 11.4. The number of methoxy groups -OCH3 is 1. The molecule has 1 heterocycles. The lowest BCUT2D eigenvalue weighted by atomic mass is 10.1. The molecule has 0 saturated carbocycles. The Labute approximate surface area is 213 Å². The molecule has 0 radical (unpaired) electrons. The molecule has 9 nitrogen and oxygen atoms in total. The van der Waals surface area contributed by atoms with Gasteiger partial charge in [-0.2, -0.15) is 0 Å². The predicted molar refractivity (Wildman–Crippen MR) is 135 cm³/mol. The van der Waals surface area contributed by atoms with Gasteiger partial charge in [0.05, 0.1) is 36.1 Å². The summed E-state index contributed by atoms with van der Waals surface area (Å²) in [4.78, 5) is 51.7. The maximum atomic E-state index is 12.9. The molecular formula is C28H26N2O7. The van der Waals surface area contributed by atoms with E-state index >= 15 is 0 Å². The van der Waals surface area contributed by atoms with Crippen molar-refractivity contribution in [2.75, 3.05) is 32.2 Å². The molecule has 37 heavy (non-hydrogen) atoms. The van der Waals surface area contributed by atoms with E-state index in [1.807, 2.05) is 31.2 Å². The summed E-state index contributed by atoms with van der Waals surface area (Å²) in [5, 5.41) is 2.64. The second-order valence-electron chi connectivity index (χ2n) is 8.17. The topological polar surface area (TPSA) is 111 Å². The van der Waals surface area contributed by atoms with Crippen molar-refractivity contribution in [3.63, 3.8) is 0 Å². The van der Waals surface area contributed by atoms with Crippen molar-refractivity contribution in [3.05, 3.63) is 89.0 Å². The van der Waals surface area contributed by atoms with Crippen molar-refractivity contribution < 1.29 is 33.4 Å². The predicted octanol–water partition coefficient (Wildman–Crippen LogP) is 3.73. The number of carbonyl (C=O) groups excluding carboxylic acids is 4. The summed E-state index contributed by atoms with van der Waals surface area (Å²) in [6, 6.07) is 18.4. The van der Waals surface area contributed by atoms with Crippen LogP contribution in [0.25, 0.3) is 0 Å². The fraction of sp³-hybridized carbons (Fsp3) is 0.214. The summed E-state index contributed by atoms with van der Waals surface area (Å²) >= 11 is 0. The van der Waals surface area contributed by atoms with Crippen molar-refractivity contribution in [1.82, 2.24) is 4.90 Å². The molecule has 0 saturated heterocycles. The number of esters is 1. The van der Waals surface area contributed by atoms with Crippen LogP contribution in [0.3, 0.4) is 0 Å². The zero-order valence-corrected chi connectivity index (χ0v) is 20.5. The van der Waals surface area contributed by atoms with Gasteiger partial charge in [-0.05, 0) is 61.4 Å². The molecule has 1 N–H and O–H groups in total. The number of rotatable bonds is 10. The molecular weight excluding hydrogens is 476 g/mol. The van der Waals surface area contributed by atoms with Crippen LogP contribution in [0.15, 0.2) is 66.7 Å². The number of benzene rings is 3. The first kappa shape index (κ1) is 25.4. The molecule has 1 aliphatic rings. The van der Waals surface area contributed by atoms with Crippen LogP contribution in [0.4, 0.5) is 5.69 Å². The Kier molecular flexibility index (Phi) is 7.83. The van der Waals surface area contributed by atoms with Crippen molar-refractivity contribution >= 4 is 29.4 Å². The minimum Gasteiger partial charge on any atom is -0.497 e. The van der Waals surface area contributed by atoms with Crippen molar-refractivity contribution in [1.29, 1.82) is 0 Å². The number of nitrogens with zero attached hydrogens (tertiary/aromatic N) is 1. The highest BCUT2D eigenvalue weighted by molar-refractivity contribution is 6.22. The molecule has 3 amide bonds. The lowest BCUT2D eigenvalue weighted by Gasteiger charge is -2.13. The molecule has 1 aliphatic heterocycles. The highest BCUT2D eigenvalue weighted by Crippen LogP contribution is 2.26. The smallest absolute Gasteiger partial charge is 0.338 e. The normalized spacial score (nSPS) is 12.2. The van der Waals surface area contributed by atoms with Gasteiger partial charge in [0.25, 0.3) is 17.7 Å². The molecule has 9 heteroatoms. The number of amides is 3. The van der Waals surface area contributed by atoms with Gasteiger partial charge in [-0.25, -0.2) is 4.79 Å². The van der Waals surface area contributed by atoms with Crippen LogP contribution in [0.1, 0.15) is 43.6 Å². The summed E-state index contributed by atoms with van der Waals surface area (Å²) in [6.45, 7) is 1.93. The van der Waals surface area contributed by atoms with Gasteiger partial charge >= 0.3 is 5.97 Å². The van der Waals surface area contributed by atoms with E-state index in [1.165, 1.54) is 18.2 Å². The van der Waals surface area contributed by atoms with Gasteiger partial charge in [-0.1, -0.05) is 24.3 Å². The third kappa shape index (κ3) is 5.78. The van der Waals surface area contributed by atoms with Gasteiger partial charge in [0.2, 0.25) is 0 Å². The molecule has 0 unspecified atom stereocenters. The first-order chi connectivity index (χ1) is 17.9. The number of carbonyl (C=O) groups is 4.